The second-order valence-electron chi connectivity index (χ2n) is 5.29. The van der Waals surface area contributed by atoms with Gasteiger partial charge in [0, 0.05) is 11.3 Å². The first-order chi connectivity index (χ1) is 11.7. The lowest BCUT2D eigenvalue weighted by molar-refractivity contribution is 0.344. The maximum absolute atomic E-state index is 9.35. The highest BCUT2D eigenvalue weighted by molar-refractivity contribution is 7.98. The van der Waals surface area contributed by atoms with Crippen molar-refractivity contribution in [2.45, 2.75) is 12.7 Å². The van der Waals surface area contributed by atoms with Gasteiger partial charge in [-0.15, -0.1) is 0 Å². The molecule has 0 aliphatic heterocycles. The summed E-state index contributed by atoms with van der Waals surface area (Å²) >= 11 is 1.75. The highest BCUT2D eigenvalue weighted by atomic mass is 32.2. The van der Waals surface area contributed by atoms with E-state index in [2.05, 4.69) is 4.98 Å². The van der Waals surface area contributed by atoms with Gasteiger partial charge in [0.05, 0.1) is 18.1 Å². The predicted molar refractivity (Wildman–Crippen MR) is 96.4 cm³/mol. The van der Waals surface area contributed by atoms with Gasteiger partial charge in [-0.1, -0.05) is 18.2 Å². The smallest absolute Gasteiger partial charge is 0.226 e. The number of para-hydroxylation sites is 1. The fraction of sp³-hybridized carbons (Fsp3) is 0.211. The van der Waals surface area contributed by atoms with Crippen molar-refractivity contribution in [3.8, 4) is 23.0 Å². The molecule has 0 spiro atoms. The fourth-order valence-electron chi connectivity index (χ4n) is 2.19. The quantitative estimate of drug-likeness (QED) is 0.633. The maximum atomic E-state index is 9.35. The summed E-state index contributed by atoms with van der Waals surface area (Å²) in [5.74, 6) is 4.23. The Labute approximate surface area is 145 Å². The molecule has 1 N–H and O–H groups in total. The van der Waals surface area contributed by atoms with Crippen LogP contribution >= 0.6 is 11.8 Å². The summed E-state index contributed by atoms with van der Waals surface area (Å²) in [6, 6.07) is 16.7. The summed E-state index contributed by atoms with van der Waals surface area (Å²) in [7, 11) is 0. The van der Waals surface area contributed by atoms with Crippen LogP contribution in [0.3, 0.4) is 0 Å². The molecule has 0 saturated heterocycles. The molecule has 0 atom stereocenters. The topological polar surface area (TPSA) is 55.5 Å². The van der Waals surface area contributed by atoms with Gasteiger partial charge in [-0.3, -0.25) is 0 Å². The second kappa shape index (κ2) is 7.93. The average molecular weight is 341 g/mol. The zero-order chi connectivity index (χ0) is 16.8. The van der Waals surface area contributed by atoms with E-state index in [-0.39, 0.29) is 5.75 Å². The van der Waals surface area contributed by atoms with Crippen LogP contribution < -0.4 is 4.74 Å². The van der Waals surface area contributed by atoms with Crippen LogP contribution in [0.25, 0.3) is 11.5 Å². The number of rotatable bonds is 7. The first-order valence-electron chi connectivity index (χ1n) is 7.73. The lowest BCUT2D eigenvalue weighted by atomic mass is 10.2. The highest BCUT2D eigenvalue weighted by Gasteiger charge is 2.11. The van der Waals surface area contributed by atoms with E-state index in [9.17, 15) is 5.11 Å². The molecule has 0 aliphatic rings. The van der Waals surface area contributed by atoms with Crippen molar-refractivity contribution in [3.63, 3.8) is 0 Å². The zero-order valence-corrected chi connectivity index (χ0v) is 14.3. The van der Waals surface area contributed by atoms with E-state index in [0.29, 0.717) is 12.5 Å². The first-order valence-corrected chi connectivity index (χ1v) is 8.89. The van der Waals surface area contributed by atoms with Gasteiger partial charge in [0.1, 0.15) is 17.3 Å². The van der Waals surface area contributed by atoms with E-state index in [1.165, 1.54) is 0 Å². The number of nitrogens with zero attached hydrogens (tertiary/aromatic N) is 1. The van der Waals surface area contributed by atoms with Crippen LogP contribution in [0.2, 0.25) is 0 Å². The summed E-state index contributed by atoms with van der Waals surface area (Å²) in [6.45, 7) is 2.61. The van der Waals surface area contributed by atoms with Crippen LogP contribution in [-0.2, 0) is 5.75 Å². The monoisotopic (exact) mass is 341 g/mol. The minimum atomic E-state index is 0.233. The van der Waals surface area contributed by atoms with Gasteiger partial charge in [-0.05, 0) is 43.3 Å². The van der Waals surface area contributed by atoms with E-state index in [1.54, 1.807) is 36.0 Å². The molecule has 0 aliphatic carbocycles. The van der Waals surface area contributed by atoms with E-state index < -0.39 is 0 Å². The van der Waals surface area contributed by atoms with Crippen LogP contribution in [-0.4, -0.2) is 22.5 Å². The van der Waals surface area contributed by atoms with Crippen molar-refractivity contribution in [1.29, 1.82) is 0 Å². The summed E-state index contributed by atoms with van der Waals surface area (Å²) in [6.07, 6.45) is 0. The van der Waals surface area contributed by atoms with Gasteiger partial charge in [0.2, 0.25) is 5.89 Å². The van der Waals surface area contributed by atoms with Crippen LogP contribution in [0.4, 0.5) is 0 Å². The molecule has 4 nitrogen and oxygen atoms in total. The minimum absolute atomic E-state index is 0.233. The van der Waals surface area contributed by atoms with Crippen molar-refractivity contribution >= 4 is 11.8 Å². The summed E-state index contributed by atoms with van der Waals surface area (Å²) < 4.78 is 11.5. The predicted octanol–water partition coefficient (Wildman–Crippen LogP) is 4.67. The Morgan fingerprint density at radius 3 is 2.58 bits per heavy atom. The molecule has 0 bridgehead atoms. The number of phenolic OH excluding ortho intramolecular Hbond substituents is 1. The minimum Gasteiger partial charge on any atom is -0.508 e. The van der Waals surface area contributed by atoms with Crippen molar-refractivity contribution in [3.05, 3.63) is 66.1 Å². The Balaban J connectivity index is 1.50. The molecule has 1 aromatic heterocycles. The van der Waals surface area contributed by atoms with E-state index >= 15 is 0 Å². The Morgan fingerprint density at radius 2 is 1.83 bits per heavy atom. The number of hydrogen-bond donors (Lipinski definition) is 1. The molecule has 2 aromatic carbocycles. The molecule has 0 unspecified atom stereocenters. The van der Waals surface area contributed by atoms with Gasteiger partial charge in [-0.25, -0.2) is 4.98 Å². The van der Waals surface area contributed by atoms with Crippen LogP contribution in [0.5, 0.6) is 11.5 Å². The third kappa shape index (κ3) is 4.32. The number of aryl methyl sites for hydroxylation is 1. The SMILES string of the molecule is Cc1nc(-c2ccc(O)cc2)oc1CSCCOc1ccccc1. The lowest BCUT2D eigenvalue weighted by Gasteiger charge is -2.05. The summed E-state index contributed by atoms with van der Waals surface area (Å²) in [5.41, 5.74) is 1.76. The largest absolute Gasteiger partial charge is 0.508 e. The third-order valence-electron chi connectivity index (χ3n) is 3.48. The molecule has 24 heavy (non-hydrogen) atoms. The Bertz CT molecular complexity index is 769. The van der Waals surface area contributed by atoms with Gasteiger partial charge in [-0.2, -0.15) is 11.8 Å². The van der Waals surface area contributed by atoms with Gasteiger partial charge in [0.25, 0.3) is 0 Å². The van der Waals surface area contributed by atoms with Gasteiger partial charge in [0.15, 0.2) is 0 Å². The van der Waals surface area contributed by atoms with Crippen LogP contribution in [0, 0.1) is 6.92 Å². The molecular formula is C19H19NO3S. The molecule has 124 valence electrons. The van der Waals surface area contributed by atoms with E-state index in [4.69, 9.17) is 9.15 Å². The Hall–Kier alpha value is -2.40. The number of hydrogen-bond acceptors (Lipinski definition) is 5. The second-order valence-corrected chi connectivity index (χ2v) is 6.39. The van der Waals surface area contributed by atoms with Crippen molar-refractivity contribution in [2.75, 3.05) is 12.4 Å². The number of aromatic hydroxyl groups is 1. The molecule has 3 aromatic rings. The number of ether oxygens (including phenoxy) is 1. The molecule has 0 fully saturated rings. The number of benzene rings is 2. The summed E-state index contributed by atoms with van der Waals surface area (Å²) in [4.78, 5) is 4.46. The van der Waals surface area contributed by atoms with Crippen molar-refractivity contribution in [2.24, 2.45) is 0 Å². The van der Waals surface area contributed by atoms with Crippen molar-refractivity contribution < 1.29 is 14.3 Å². The number of phenols is 1. The number of oxazole rings is 1. The summed E-state index contributed by atoms with van der Waals surface area (Å²) in [5, 5.41) is 9.35. The molecule has 1 heterocycles. The Kier molecular flexibility index (Phi) is 5.43. The average Bonchev–Trinajstić information content (AvgIpc) is 2.97. The molecule has 5 heteroatoms. The van der Waals surface area contributed by atoms with Crippen molar-refractivity contribution in [1.82, 2.24) is 4.98 Å². The third-order valence-corrected chi connectivity index (χ3v) is 4.40. The number of aromatic nitrogens is 1. The number of thioether (sulfide) groups is 1. The van der Waals surface area contributed by atoms with Crippen LogP contribution in [0.1, 0.15) is 11.5 Å². The Morgan fingerprint density at radius 1 is 1.08 bits per heavy atom. The molecule has 0 radical (unpaired) electrons. The van der Waals surface area contributed by atoms with Gasteiger partial charge < -0.3 is 14.3 Å². The fourth-order valence-corrected chi connectivity index (χ4v) is 2.99. The lowest BCUT2D eigenvalue weighted by Crippen LogP contribution is -2.00. The van der Waals surface area contributed by atoms with Crippen LogP contribution in [0.15, 0.2) is 59.0 Å². The first kappa shape index (κ1) is 16.5. The normalized spacial score (nSPS) is 10.7. The van der Waals surface area contributed by atoms with E-state index in [1.807, 2.05) is 37.3 Å². The molecule has 0 saturated carbocycles. The van der Waals surface area contributed by atoms with Gasteiger partial charge >= 0.3 is 0 Å². The zero-order valence-electron chi connectivity index (χ0n) is 13.4. The maximum Gasteiger partial charge on any atom is 0.226 e. The highest BCUT2D eigenvalue weighted by Crippen LogP contribution is 2.26. The molecule has 0 amide bonds. The van der Waals surface area contributed by atoms with E-state index in [0.717, 1.165) is 34.3 Å². The standard InChI is InChI=1S/C19H19NO3S/c1-14-18(13-24-12-11-22-17-5-3-2-4-6-17)23-19(20-14)15-7-9-16(21)10-8-15/h2-10,21H,11-13H2,1H3. The molecule has 3 rings (SSSR count). The molecular weight excluding hydrogens is 322 g/mol.